The zero-order valence-electron chi connectivity index (χ0n) is 15.1. The summed E-state index contributed by atoms with van der Waals surface area (Å²) in [6, 6.07) is 11.6. The van der Waals surface area contributed by atoms with E-state index >= 15 is 0 Å². The molecule has 1 aromatic rings. The van der Waals surface area contributed by atoms with E-state index in [-0.39, 0.29) is 6.04 Å². The standard InChI is InChI=1S/C20H31N3O/c1-16-14-18(22(2)20(24)19-10-6-7-12-21-19)11-13-23(16)15-17-8-4-3-5-9-17/h3-5,8-9,16,18-19,21H,6-7,10-15H2,1-2H3/t16-,18+,19+/m1/s1. The molecule has 0 aromatic heterocycles. The lowest BCUT2D eigenvalue weighted by Crippen LogP contribution is -2.54. The first-order chi connectivity index (χ1) is 11.6. The molecule has 132 valence electrons. The van der Waals surface area contributed by atoms with Gasteiger partial charge in [-0.2, -0.15) is 0 Å². The number of nitrogens with zero attached hydrogens (tertiary/aromatic N) is 2. The Morgan fingerprint density at radius 1 is 1.25 bits per heavy atom. The molecule has 2 aliphatic heterocycles. The molecule has 24 heavy (non-hydrogen) atoms. The zero-order chi connectivity index (χ0) is 16.9. The quantitative estimate of drug-likeness (QED) is 0.922. The lowest BCUT2D eigenvalue weighted by molar-refractivity contribution is -0.136. The van der Waals surface area contributed by atoms with E-state index in [0.717, 1.165) is 38.9 Å². The minimum absolute atomic E-state index is 0.0430. The summed E-state index contributed by atoms with van der Waals surface area (Å²) in [6.45, 7) is 5.36. The van der Waals surface area contributed by atoms with Crippen LogP contribution in [0.3, 0.4) is 0 Å². The van der Waals surface area contributed by atoms with Crippen LogP contribution in [0.4, 0.5) is 0 Å². The predicted molar refractivity (Wildman–Crippen MR) is 97.7 cm³/mol. The molecule has 0 bridgehead atoms. The Labute approximate surface area is 146 Å². The fourth-order valence-corrected chi connectivity index (χ4v) is 4.09. The van der Waals surface area contributed by atoms with Crippen LogP contribution in [-0.2, 0) is 11.3 Å². The molecule has 4 nitrogen and oxygen atoms in total. The zero-order valence-corrected chi connectivity index (χ0v) is 15.1. The smallest absolute Gasteiger partial charge is 0.239 e. The number of hydrogen-bond acceptors (Lipinski definition) is 3. The van der Waals surface area contributed by atoms with Crippen molar-refractivity contribution in [2.75, 3.05) is 20.1 Å². The molecule has 1 amide bonds. The van der Waals surface area contributed by atoms with Crippen molar-refractivity contribution in [1.29, 1.82) is 0 Å². The molecule has 0 saturated carbocycles. The number of likely N-dealkylation sites (N-methyl/N-ethyl adjacent to an activating group) is 1. The summed E-state index contributed by atoms with van der Waals surface area (Å²) >= 11 is 0. The third-order valence-electron chi connectivity index (χ3n) is 5.72. The Morgan fingerprint density at radius 3 is 2.71 bits per heavy atom. The number of carbonyl (C=O) groups excluding carboxylic acids is 1. The summed E-state index contributed by atoms with van der Waals surface area (Å²) in [5.74, 6) is 0.295. The van der Waals surface area contributed by atoms with E-state index in [1.165, 1.54) is 18.4 Å². The maximum atomic E-state index is 12.7. The van der Waals surface area contributed by atoms with Crippen molar-refractivity contribution in [2.45, 2.75) is 63.7 Å². The summed E-state index contributed by atoms with van der Waals surface area (Å²) in [6.07, 6.45) is 5.51. The summed E-state index contributed by atoms with van der Waals surface area (Å²) in [5, 5.41) is 3.39. The second-order valence-corrected chi connectivity index (χ2v) is 7.43. The highest BCUT2D eigenvalue weighted by Crippen LogP contribution is 2.24. The van der Waals surface area contributed by atoms with Gasteiger partial charge in [0.2, 0.25) is 5.91 Å². The Balaban J connectivity index is 1.53. The van der Waals surface area contributed by atoms with Crippen LogP contribution in [0.2, 0.25) is 0 Å². The Kier molecular flexibility index (Phi) is 5.90. The topological polar surface area (TPSA) is 35.6 Å². The molecule has 2 saturated heterocycles. The fraction of sp³-hybridized carbons (Fsp3) is 0.650. The van der Waals surface area contributed by atoms with Crippen molar-refractivity contribution in [3.63, 3.8) is 0 Å². The molecular formula is C20H31N3O. The Morgan fingerprint density at radius 2 is 2.04 bits per heavy atom. The maximum absolute atomic E-state index is 12.7. The normalized spacial score (nSPS) is 28.5. The van der Waals surface area contributed by atoms with Crippen LogP contribution in [0.1, 0.15) is 44.6 Å². The monoisotopic (exact) mass is 329 g/mol. The van der Waals surface area contributed by atoms with Gasteiger partial charge in [-0.15, -0.1) is 0 Å². The van der Waals surface area contributed by atoms with Crippen LogP contribution >= 0.6 is 0 Å². The van der Waals surface area contributed by atoms with Gasteiger partial charge in [-0.1, -0.05) is 36.8 Å². The number of carbonyl (C=O) groups is 1. The van der Waals surface area contributed by atoms with Crippen molar-refractivity contribution in [3.8, 4) is 0 Å². The summed E-state index contributed by atoms with van der Waals surface area (Å²) in [7, 11) is 2.00. The third kappa shape index (κ3) is 4.17. The van der Waals surface area contributed by atoms with Crippen molar-refractivity contribution in [1.82, 2.24) is 15.1 Å². The number of amides is 1. The third-order valence-corrected chi connectivity index (χ3v) is 5.72. The van der Waals surface area contributed by atoms with E-state index in [9.17, 15) is 4.79 Å². The van der Waals surface area contributed by atoms with Gasteiger partial charge in [0, 0.05) is 32.2 Å². The number of nitrogens with one attached hydrogen (secondary N) is 1. The van der Waals surface area contributed by atoms with E-state index in [0.29, 0.717) is 18.0 Å². The molecule has 2 fully saturated rings. The first-order valence-corrected chi connectivity index (χ1v) is 9.43. The first-order valence-electron chi connectivity index (χ1n) is 9.43. The van der Waals surface area contributed by atoms with Gasteiger partial charge in [-0.3, -0.25) is 9.69 Å². The molecule has 1 N–H and O–H groups in total. The van der Waals surface area contributed by atoms with Crippen LogP contribution in [0.25, 0.3) is 0 Å². The molecule has 3 atom stereocenters. The maximum Gasteiger partial charge on any atom is 0.239 e. The predicted octanol–water partition coefficient (Wildman–Crippen LogP) is 2.64. The van der Waals surface area contributed by atoms with Gasteiger partial charge < -0.3 is 10.2 Å². The van der Waals surface area contributed by atoms with Crippen LogP contribution in [-0.4, -0.2) is 54.0 Å². The molecule has 4 heteroatoms. The highest BCUT2D eigenvalue weighted by molar-refractivity contribution is 5.82. The fourth-order valence-electron chi connectivity index (χ4n) is 4.09. The van der Waals surface area contributed by atoms with Crippen LogP contribution in [0.5, 0.6) is 0 Å². The molecule has 0 unspecified atom stereocenters. The lowest BCUT2D eigenvalue weighted by atomic mass is 9.95. The molecule has 0 aliphatic carbocycles. The first kappa shape index (κ1) is 17.4. The molecule has 1 aromatic carbocycles. The highest BCUT2D eigenvalue weighted by Gasteiger charge is 2.32. The van der Waals surface area contributed by atoms with Crippen LogP contribution in [0, 0.1) is 0 Å². The minimum atomic E-state index is 0.0430. The molecular weight excluding hydrogens is 298 g/mol. The molecule has 0 spiro atoms. The van der Waals surface area contributed by atoms with E-state index in [1.54, 1.807) is 0 Å². The second kappa shape index (κ2) is 8.13. The van der Waals surface area contributed by atoms with Gasteiger partial charge in [0.1, 0.15) is 0 Å². The lowest BCUT2D eigenvalue weighted by Gasteiger charge is -2.42. The summed E-state index contributed by atoms with van der Waals surface area (Å²) < 4.78 is 0. The van der Waals surface area contributed by atoms with Gasteiger partial charge in [-0.05, 0) is 44.7 Å². The van der Waals surface area contributed by atoms with Crippen molar-refractivity contribution in [2.24, 2.45) is 0 Å². The highest BCUT2D eigenvalue weighted by atomic mass is 16.2. The number of benzene rings is 1. The summed E-state index contributed by atoms with van der Waals surface area (Å²) in [4.78, 5) is 17.3. The van der Waals surface area contributed by atoms with Gasteiger partial charge in [-0.25, -0.2) is 0 Å². The largest absolute Gasteiger partial charge is 0.341 e. The number of piperidine rings is 2. The molecule has 2 aliphatic rings. The van der Waals surface area contributed by atoms with Crippen molar-refractivity contribution < 1.29 is 4.79 Å². The van der Waals surface area contributed by atoms with Crippen molar-refractivity contribution >= 4 is 5.91 Å². The van der Waals surface area contributed by atoms with Gasteiger partial charge in [0.05, 0.1) is 6.04 Å². The number of hydrogen-bond donors (Lipinski definition) is 1. The van der Waals surface area contributed by atoms with E-state index in [2.05, 4.69) is 47.5 Å². The minimum Gasteiger partial charge on any atom is -0.341 e. The molecule has 0 radical (unpaired) electrons. The van der Waals surface area contributed by atoms with E-state index in [4.69, 9.17) is 0 Å². The number of rotatable bonds is 4. The SMILES string of the molecule is C[C@@H]1C[C@@H](N(C)C(=O)[C@@H]2CCCCN2)CCN1Cc1ccccc1. The van der Waals surface area contributed by atoms with Crippen molar-refractivity contribution in [3.05, 3.63) is 35.9 Å². The van der Waals surface area contributed by atoms with E-state index < -0.39 is 0 Å². The van der Waals surface area contributed by atoms with Crippen LogP contribution in [0.15, 0.2) is 30.3 Å². The Bertz CT molecular complexity index is 527. The number of likely N-dealkylation sites (tertiary alicyclic amines) is 1. The average molecular weight is 329 g/mol. The van der Waals surface area contributed by atoms with E-state index in [1.807, 2.05) is 11.9 Å². The van der Waals surface area contributed by atoms with Gasteiger partial charge in [0.25, 0.3) is 0 Å². The van der Waals surface area contributed by atoms with Gasteiger partial charge in [0.15, 0.2) is 0 Å². The summed E-state index contributed by atoms with van der Waals surface area (Å²) in [5.41, 5.74) is 1.37. The second-order valence-electron chi connectivity index (χ2n) is 7.43. The Hall–Kier alpha value is -1.39. The van der Waals surface area contributed by atoms with Gasteiger partial charge >= 0.3 is 0 Å². The molecule has 2 heterocycles. The van der Waals surface area contributed by atoms with Crippen LogP contribution < -0.4 is 5.32 Å². The molecule has 3 rings (SSSR count). The average Bonchev–Trinajstić information content (AvgIpc) is 2.64.